The minimum Gasteiger partial charge on any atom is -0.458 e. The average Bonchev–Trinajstić information content (AvgIpc) is 2.66. The van der Waals surface area contributed by atoms with E-state index < -0.39 is 18.2 Å². The number of cyclic esters (lactones) is 1. The van der Waals surface area contributed by atoms with Crippen molar-refractivity contribution >= 4 is 11.5 Å². The van der Waals surface area contributed by atoms with Crippen molar-refractivity contribution in [3.05, 3.63) is 89.0 Å². The van der Waals surface area contributed by atoms with Gasteiger partial charge in [0.1, 0.15) is 17.7 Å². The van der Waals surface area contributed by atoms with E-state index >= 15 is 0 Å². The number of hydrogen-bond acceptors (Lipinski definition) is 3. The molecule has 29 heavy (non-hydrogen) atoms. The predicted molar refractivity (Wildman–Crippen MR) is 108 cm³/mol. The first-order valence-electron chi connectivity index (χ1n) is 9.65. The first-order chi connectivity index (χ1) is 13.8. The molecule has 1 heterocycles. The van der Waals surface area contributed by atoms with Crippen LogP contribution in [0.5, 0.6) is 0 Å². The molecule has 1 fully saturated rings. The molecule has 0 bridgehead atoms. The van der Waals surface area contributed by atoms with Crippen LogP contribution in [0.1, 0.15) is 37.8 Å². The maximum Gasteiger partial charge on any atom is 0.309 e. The summed E-state index contributed by atoms with van der Waals surface area (Å²) in [4.78, 5) is 11.6. The lowest BCUT2D eigenvalue weighted by Gasteiger charge is -2.24. The SMILES string of the molecule is CC(C)C(/C=C/[C@H]1C[C@H](O)CC(=O)O1)=C(c1ccc(F)cc1)c1ccc(F)cc1. The summed E-state index contributed by atoms with van der Waals surface area (Å²) < 4.78 is 32.3. The Labute approximate surface area is 169 Å². The molecule has 0 spiro atoms. The second-order valence-corrected chi connectivity index (χ2v) is 7.48. The molecule has 3 nitrogen and oxygen atoms in total. The maximum atomic E-state index is 13.5. The molecule has 2 atom stereocenters. The number of rotatable bonds is 5. The van der Waals surface area contributed by atoms with E-state index in [1.165, 1.54) is 24.3 Å². The van der Waals surface area contributed by atoms with Crippen molar-refractivity contribution in [1.29, 1.82) is 0 Å². The third-order valence-corrected chi connectivity index (χ3v) is 4.86. The van der Waals surface area contributed by atoms with Gasteiger partial charge in [-0.2, -0.15) is 0 Å². The largest absolute Gasteiger partial charge is 0.458 e. The molecular formula is C24H24F2O3. The van der Waals surface area contributed by atoms with Crippen LogP contribution in [-0.4, -0.2) is 23.3 Å². The summed E-state index contributed by atoms with van der Waals surface area (Å²) in [5.41, 5.74) is 3.37. The van der Waals surface area contributed by atoms with Crippen LogP contribution in [0.2, 0.25) is 0 Å². The highest BCUT2D eigenvalue weighted by atomic mass is 19.1. The number of hydrogen-bond donors (Lipinski definition) is 1. The van der Waals surface area contributed by atoms with Gasteiger partial charge in [0, 0.05) is 6.42 Å². The predicted octanol–water partition coefficient (Wildman–Crippen LogP) is 5.05. The molecule has 3 rings (SSSR count). The second-order valence-electron chi connectivity index (χ2n) is 7.48. The summed E-state index contributed by atoms with van der Waals surface area (Å²) in [7, 11) is 0. The number of carbonyl (C=O) groups excluding carboxylic acids is 1. The Balaban J connectivity index is 2.08. The first kappa shape index (κ1) is 20.9. The van der Waals surface area contributed by atoms with Crippen molar-refractivity contribution < 1.29 is 23.4 Å². The topological polar surface area (TPSA) is 46.5 Å². The van der Waals surface area contributed by atoms with Gasteiger partial charge < -0.3 is 9.84 Å². The standard InChI is InChI=1S/C24H24F2O3/c1-15(2)22(12-11-21-13-20(27)14-23(28)29-21)24(16-3-7-18(25)8-4-16)17-5-9-19(26)10-6-17/h3-12,15,20-21,27H,13-14H2,1-2H3/b12-11+/t20-,21-/m0/s1. The fourth-order valence-corrected chi connectivity index (χ4v) is 3.44. The zero-order valence-electron chi connectivity index (χ0n) is 16.4. The zero-order valence-corrected chi connectivity index (χ0v) is 16.4. The summed E-state index contributed by atoms with van der Waals surface area (Å²) in [5.74, 6) is -1.01. The number of allylic oxidation sites excluding steroid dienone is 2. The fourth-order valence-electron chi connectivity index (χ4n) is 3.44. The van der Waals surface area contributed by atoms with Gasteiger partial charge in [0.15, 0.2) is 0 Å². The van der Waals surface area contributed by atoms with Crippen molar-refractivity contribution in [1.82, 2.24) is 0 Å². The third-order valence-electron chi connectivity index (χ3n) is 4.86. The quantitative estimate of drug-likeness (QED) is 0.567. The molecule has 2 aromatic carbocycles. The molecular weight excluding hydrogens is 374 g/mol. The van der Waals surface area contributed by atoms with E-state index in [-0.39, 0.29) is 24.0 Å². The average molecular weight is 398 g/mol. The van der Waals surface area contributed by atoms with Gasteiger partial charge in [-0.1, -0.05) is 44.2 Å². The van der Waals surface area contributed by atoms with Crippen molar-refractivity contribution in [3.63, 3.8) is 0 Å². The van der Waals surface area contributed by atoms with Crippen molar-refractivity contribution in [2.75, 3.05) is 0 Å². The summed E-state index contributed by atoms with van der Waals surface area (Å²) in [5, 5.41) is 9.82. The summed E-state index contributed by atoms with van der Waals surface area (Å²) in [6.45, 7) is 4.04. The fraction of sp³-hybridized carbons (Fsp3) is 0.292. The second kappa shape index (κ2) is 9.14. The van der Waals surface area contributed by atoms with Crippen LogP contribution in [0.4, 0.5) is 8.78 Å². The molecule has 0 saturated carbocycles. The number of aliphatic hydroxyl groups excluding tert-OH is 1. The molecule has 0 aromatic heterocycles. The lowest BCUT2D eigenvalue weighted by Crippen LogP contribution is -2.31. The highest BCUT2D eigenvalue weighted by molar-refractivity contribution is 5.84. The van der Waals surface area contributed by atoms with Gasteiger partial charge in [0.2, 0.25) is 0 Å². The Kier molecular flexibility index (Phi) is 6.60. The van der Waals surface area contributed by atoms with Crippen molar-refractivity contribution in [3.8, 4) is 0 Å². The number of benzene rings is 2. The number of carbonyl (C=O) groups is 1. The number of esters is 1. The molecule has 0 amide bonds. The summed E-state index contributed by atoms with van der Waals surface area (Å²) in [6, 6.07) is 12.3. The van der Waals surface area contributed by atoms with E-state index in [0.717, 1.165) is 22.3 Å². The number of aliphatic hydroxyl groups is 1. The van der Waals surface area contributed by atoms with E-state index in [1.54, 1.807) is 30.3 Å². The van der Waals surface area contributed by atoms with Crippen LogP contribution < -0.4 is 0 Å². The van der Waals surface area contributed by atoms with E-state index in [1.807, 2.05) is 19.9 Å². The Morgan fingerprint density at radius 2 is 1.55 bits per heavy atom. The van der Waals surface area contributed by atoms with Crippen LogP contribution in [0.15, 0.2) is 66.3 Å². The minimum atomic E-state index is -0.717. The van der Waals surface area contributed by atoms with Gasteiger partial charge in [-0.3, -0.25) is 4.79 Å². The van der Waals surface area contributed by atoms with Crippen LogP contribution in [-0.2, 0) is 9.53 Å². The zero-order chi connectivity index (χ0) is 21.0. The molecule has 1 N–H and O–H groups in total. The normalized spacial score (nSPS) is 19.4. The van der Waals surface area contributed by atoms with Gasteiger partial charge in [0.25, 0.3) is 0 Å². The molecule has 1 saturated heterocycles. The number of ether oxygens (including phenoxy) is 1. The van der Waals surface area contributed by atoms with Crippen LogP contribution in [0, 0.1) is 17.6 Å². The molecule has 0 aliphatic carbocycles. The molecule has 1 aliphatic rings. The van der Waals surface area contributed by atoms with Crippen LogP contribution >= 0.6 is 0 Å². The van der Waals surface area contributed by atoms with Gasteiger partial charge >= 0.3 is 5.97 Å². The molecule has 0 unspecified atom stereocenters. The van der Waals surface area contributed by atoms with E-state index in [4.69, 9.17) is 4.74 Å². The van der Waals surface area contributed by atoms with Crippen molar-refractivity contribution in [2.45, 2.75) is 38.9 Å². The van der Waals surface area contributed by atoms with E-state index in [0.29, 0.717) is 6.42 Å². The van der Waals surface area contributed by atoms with Gasteiger partial charge in [0.05, 0.1) is 12.5 Å². The Bertz CT molecular complexity index is 865. The molecule has 5 heteroatoms. The molecule has 2 aromatic rings. The lowest BCUT2D eigenvalue weighted by molar-refractivity contribution is -0.156. The highest BCUT2D eigenvalue weighted by Crippen LogP contribution is 2.32. The molecule has 0 radical (unpaired) electrons. The Morgan fingerprint density at radius 3 is 2.00 bits per heavy atom. The smallest absolute Gasteiger partial charge is 0.309 e. The third kappa shape index (κ3) is 5.39. The molecule has 1 aliphatic heterocycles. The van der Waals surface area contributed by atoms with Gasteiger partial charge in [-0.05, 0) is 58.5 Å². The highest BCUT2D eigenvalue weighted by Gasteiger charge is 2.25. The van der Waals surface area contributed by atoms with Gasteiger partial charge in [-0.25, -0.2) is 8.78 Å². The van der Waals surface area contributed by atoms with Gasteiger partial charge in [-0.15, -0.1) is 0 Å². The Hall–Kier alpha value is -2.79. The minimum absolute atomic E-state index is 0.00757. The van der Waals surface area contributed by atoms with E-state index in [2.05, 4.69) is 0 Å². The molecule has 152 valence electrons. The maximum absolute atomic E-state index is 13.5. The first-order valence-corrected chi connectivity index (χ1v) is 9.65. The number of halogens is 2. The summed E-state index contributed by atoms with van der Waals surface area (Å²) in [6.07, 6.45) is 2.77. The van der Waals surface area contributed by atoms with E-state index in [9.17, 15) is 18.7 Å². The lowest BCUT2D eigenvalue weighted by atomic mass is 9.87. The Morgan fingerprint density at radius 1 is 1.03 bits per heavy atom. The summed E-state index contributed by atoms with van der Waals surface area (Å²) >= 11 is 0. The van der Waals surface area contributed by atoms with Crippen LogP contribution in [0.25, 0.3) is 5.57 Å². The van der Waals surface area contributed by atoms with Crippen LogP contribution in [0.3, 0.4) is 0 Å². The monoisotopic (exact) mass is 398 g/mol. The van der Waals surface area contributed by atoms with Crippen molar-refractivity contribution in [2.24, 2.45) is 5.92 Å².